The molecule has 0 radical (unpaired) electrons. The standard InChI is InChI=1S/C18H22N4O4.C2HF3O2/c1-22(2)17(23)13-5-3-11(4-6-13)12-7-9-14(10-8-12)26-16-15(18(24)25)19-21-20-16;3-2(4,5)1(6)7/h3-6,12,14H,7-10H2,1-2H3,(H,24,25)(H,19,20,21);(H,6,7). The molecule has 1 aromatic carbocycles. The summed E-state index contributed by atoms with van der Waals surface area (Å²) in [4.78, 5) is 33.5. The van der Waals surface area contributed by atoms with Crippen molar-refractivity contribution >= 4 is 17.8 Å². The number of aliphatic carboxylic acids is 1. The number of hydrogen-bond acceptors (Lipinski definition) is 6. The number of alkyl halides is 3. The minimum Gasteiger partial charge on any atom is -0.476 e. The van der Waals surface area contributed by atoms with E-state index in [-0.39, 0.29) is 23.6 Å². The summed E-state index contributed by atoms with van der Waals surface area (Å²) in [7, 11) is 3.48. The highest BCUT2D eigenvalue weighted by molar-refractivity contribution is 5.93. The first-order valence-corrected chi connectivity index (χ1v) is 9.82. The van der Waals surface area contributed by atoms with E-state index in [1.807, 2.05) is 24.3 Å². The van der Waals surface area contributed by atoms with Gasteiger partial charge in [0, 0.05) is 19.7 Å². The number of halogens is 3. The third kappa shape index (κ3) is 7.19. The van der Waals surface area contributed by atoms with Crippen LogP contribution in [0.15, 0.2) is 24.3 Å². The summed E-state index contributed by atoms with van der Waals surface area (Å²) in [5.74, 6) is -3.43. The largest absolute Gasteiger partial charge is 0.490 e. The predicted octanol–water partition coefficient (Wildman–Crippen LogP) is 2.94. The molecule has 1 aliphatic rings. The molecule has 1 amide bonds. The quantitative estimate of drug-likeness (QED) is 0.602. The zero-order chi connectivity index (χ0) is 24.8. The molecule has 0 saturated heterocycles. The zero-order valence-electron chi connectivity index (χ0n) is 17.8. The van der Waals surface area contributed by atoms with Crippen molar-refractivity contribution in [1.29, 1.82) is 0 Å². The van der Waals surface area contributed by atoms with Crippen LogP contribution in [0.3, 0.4) is 0 Å². The fourth-order valence-electron chi connectivity index (χ4n) is 3.27. The second kappa shape index (κ2) is 10.8. The van der Waals surface area contributed by atoms with Crippen LogP contribution >= 0.6 is 0 Å². The van der Waals surface area contributed by atoms with Gasteiger partial charge in [0.05, 0.1) is 0 Å². The first-order valence-electron chi connectivity index (χ1n) is 9.82. The number of amides is 1. The second-order valence-corrected chi connectivity index (χ2v) is 7.51. The van der Waals surface area contributed by atoms with Crippen molar-refractivity contribution in [3.05, 3.63) is 41.1 Å². The zero-order valence-corrected chi connectivity index (χ0v) is 17.8. The van der Waals surface area contributed by atoms with Crippen molar-refractivity contribution < 1.29 is 42.5 Å². The van der Waals surface area contributed by atoms with Gasteiger partial charge in [0.1, 0.15) is 6.10 Å². The Labute approximate surface area is 186 Å². The molecule has 0 spiro atoms. The van der Waals surface area contributed by atoms with Crippen LogP contribution in [0.1, 0.15) is 58.0 Å². The van der Waals surface area contributed by atoms with Gasteiger partial charge in [0.2, 0.25) is 5.69 Å². The topological polar surface area (TPSA) is 146 Å². The number of aromatic amines is 1. The Morgan fingerprint density at radius 1 is 1.06 bits per heavy atom. The number of nitrogens with zero attached hydrogens (tertiary/aromatic N) is 3. The number of aromatic carboxylic acids is 1. The number of rotatable bonds is 5. The van der Waals surface area contributed by atoms with Crippen LogP contribution in [0.25, 0.3) is 0 Å². The summed E-state index contributed by atoms with van der Waals surface area (Å²) in [6.45, 7) is 0. The SMILES string of the molecule is CN(C)C(=O)c1ccc(C2CCC(Oc3nn[nH]c3C(=O)O)CC2)cc1.O=C(O)C(F)(F)F. The maximum atomic E-state index is 12.0. The van der Waals surface area contributed by atoms with E-state index in [1.165, 1.54) is 5.56 Å². The molecule has 1 saturated carbocycles. The number of carbonyl (C=O) groups is 3. The van der Waals surface area contributed by atoms with Gasteiger partial charge in [-0.2, -0.15) is 13.2 Å². The number of carbonyl (C=O) groups excluding carboxylic acids is 1. The number of benzene rings is 1. The maximum absolute atomic E-state index is 12.0. The molecule has 3 rings (SSSR count). The van der Waals surface area contributed by atoms with Crippen LogP contribution in [0, 0.1) is 0 Å². The molecule has 3 N–H and O–H groups in total. The minimum absolute atomic E-state index is 0.00416. The van der Waals surface area contributed by atoms with Crippen molar-refractivity contribution in [3.8, 4) is 5.88 Å². The fraction of sp³-hybridized carbons (Fsp3) is 0.450. The van der Waals surface area contributed by atoms with Crippen molar-refractivity contribution in [2.45, 2.75) is 43.9 Å². The van der Waals surface area contributed by atoms with E-state index in [0.29, 0.717) is 11.5 Å². The molecule has 10 nitrogen and oxygen atoms in total. The van der Waals surface area contributed by atoms with Crippen molar-refractivity contribution in [2.75, 3.05) is 14.1 Å². The Morgan fingerprint density at radius 2 is 1.61 bits per heavy atom. The number of carboxylic acid groups (broad SMARTS) is 2. The van der Waals surface area contributed by atoms with E-state index in [9.17, 15) is 22.8 Å². The molecule has 1 heterocycles. The molecule has 0 atom stereocenters. The number of aromatic nitrogens is 3. The van der Waals surface area contributed by atoms with E-state index in [4.69, 9.17) is 19.7 Å². The molecule has 0 unspecified atom stereocenters. The molecule has 2 aromatic rings. The number of carboxylic acids is 2. The van der Waals surface area contributed by atoms with Gasteiger partial charge in [-0.1, -0.05) is 22.4 Å². The third-order valence-electron chi connectivity index (χ3n) is 4.96. The summed E-state index contributed by atoms with van der Waals surface area (Å²) in [6, 6.07) is 7.77. The number of hydrogen-bond donors (Lipinski definition) is 3. The molecule has 33 heavy (non-hydrogen) atoms. The Bertz CT molecular complexity index is 967. The highest BCUT2D eigenvalue weighted by Gasteiger charge is 2.38. The summed E-state index contributed by atoms with van der Waals surface area (Å²) in [5, 5.41) is 25.7. The number of ether oxygens (including phenoxy) is 1. The molecule has 0 bridgehead atoms. The lowest BCUT2D eigenvalue weighted by atomic mass is 9.82. The van der Waals surface area contributed by atoms with Gasteiger partial charge in [0.15, 0.2) is 0 Å². The monoisotopic (exact) mass is 472 g/mol. The van der Waals surface area contributed by atoms with Gasteiger partial charge in [-0.15, -0.1) is 0 Å². The van der Waals surface area contributed by atoms with Gasteiger partial charge in [-0.3, -0.25) is 4.79 Å². The Morgan fingerprint density at radius 3 is 2.06 bits per heavy atom. The molecule has 13 heteroatoms. The predicted molar refractivity (Wildman–Crippen MR) is 107 cm³/mol. The summed E-state index contributed by atoms with van der Waals surface area (Å²) < 4.78 is 37.4. The lowest BCUT2D eigenvalue weighted by Gasteiger charge is -2.28. The highest BCUT2D eigenvalue weighted by Crippen LogP contribution is 2.34. The van der Waals surface area contributed by atoms with E-state index in [1.54, 1.807) is 19.0 Å². The van der Waals surface area contributed by atoms with Crippen LogP contribution in [0.2, 0.25) is 0 Å². The van der Waals surface area contributed by atoms with Crippen molar-refractivity contribution in [3.63, 3.8) is 0 Å². The second-order valence-electron chi connectivity index (χ2n) is 7.51. The maximum Gasteiger partial charge on any atom is 0.490 e. The van der Waals surface area contributed by atoms with Crippen LogP contribution in [0.5, 0.6) is 5.88 Å². The minimum atomic E-state index is -5.08. The molecule has 0 aliphatic heterocycles. The summed E-state index contributed by atoms with van der Waals surface area (Å²) >= 11 is 0. The fourth-order valence-corrected chi connectivity index (χ4v) is 3.27. The van der Waals surface area contributed by atoms with Gasteiger partial charge in [0.25, 0.3) is 11.8 Å². The number of nitrogens with one attached hydrogen (secondary N) is 1. The molecule has 1 fully saturated rings. The molecular weight excluding hydrogens is 449 g/mol. The molecule has 1 aromatic heterocycles. The Kier molecular flexibility index (Phi) is 8.38. The molecule has 1 aliphatic carbocycles. The van der Waals surface area contributed by atoms with Crippen LogP contribution < -0.4 is 4.74 Å². The highest BCUT2D eigenvalue weighted by atomic mass is 19.4. The van der Waals surface area contributed by atoms with Crippen LogP contribution in [-0.4, -0.2) is 74.7 Å². The lowest BCUT2D eigenvalue weighted by Crippen LogP contribution is -2.24. The third-order valence-corrected chi connectivity index (χ3v) is 4.96. The lowest BCUT2D eigenvalue weighted by molar-refractivity contribution is -0.192. The van der Waals surface area contributed by atoms with Crippen LogP contribution in [0.4, 0.5) is 13.2 Å². The van der Waals surface area contributed by atoms with E-state index in [0.717, 1.165) is 25.7 Å². The van der Waals surface area contributed by atoms with Gasteiger partial charge in [-0.05, 0) is 49.3 Å². The summed E-state index contributed by atoms with van der Waals surface area (Å²) in [5.41, 5.74) is 1.78. The van der Waals surface area contributed by atoms with Crippen molar-refractivity contribution in [1.82, 2.24) is 20.3 Å². The van der Waals surface area contributed by atoms with E-state index < -0.39 is 18.1 Å². The average molecular weight is 472 g/mol. The average Bonchev–Trinajstić information content (AvgIpc) is 3.22. The van der Waals surface area contributed by atoms with Crippen LogP contribution in [-0.2, 0) is 4.79 Å². The van der Waals surface area contributed by atoms with E-state index in [2.05, 4.69) is 15.4 Å². The number of H-pyrrole nitrogens is 1. The van der Waals surface area contributed by atoms with Crippen molar-refractivity contribution in [2.24, 2.45) is 0 Å². The first kappa shape index (κ1) is 25.6. The smallest absolute Gasteiger partial charge is 0.476 e. The van der Waals surface area contributed by atoms with Gasteiger partial charge in [-0.25, -0.2) is 14.7 Å². The van der Waals surface area contributed by atoms with Gasteiger partial charge >= 0.3 is 18.1 Å². The molecular formula is C20H23F3N4O6. The first-order chi connectivity index (χ1) is 15.4. The normalized spacial score (nSPS) is 18.0. The summed E-state index contributed by atoms with van der Waals surface area (Å²) in [6.07, 6.45) is -1.65. The van der Waals surface area contributed by atoms with E-state index >= 15 is 0 Å². The Balaban J connectivity index is 0.000000479. The molecule has 180 valence electrons. The van der Waals surface area contributed by atoms with Gasteiger partial charge < -0.3 is 19.8 Å². The Hall–Kier alpha value is -3.64.